The van der Waals surface area contributed by atoms with Crippen molar-refractivity contribution in [2.24, 2.45) is 28.9 Å². The molecule has 3 saturated carbocycles. The molecule has 0 radical (unpaired) electrons. The van der Waals surface area contributed by atoms with Gasteiger partial charge in [-0.2, -0.15) is 0 Å². The van der Waals surface area contributed by atoms with Gasteiger partial charge in [-0.25, -0.2) is 4.79 Å². The third kappa shape index (κ3) is 6.65. The average molecular weight is 612 g/mol. The topological polar surface area (TPSA) is 129 Å². The first-order chi connectivity index (χ1) is 20.7. The molecule has 5 aliphatic rings. The van der Waals surface area contributed by atoms with Crippen molar-refractivity contribution in [3.05, 3.63) is 35.9 Å². The van der Waals surface area contributed by atoms with Crippen LogP contribution < -0.4 is 11.1 Å². The van der Waals surface area contributed by atoms with Crippen LogP contribution in [0.3, 0.4) is 0 Å². The predicted molar refractivity (Wildman–Crippen MR) is 166 cm³/mol. The lowest BCUT2D eigenvalue weighted by molar-refractivity contribution is -0.199. The van der Waals surface area contributed by atoms with Crippen molar-refractivity contribution in [2.45, 2.75) is 116 Å². The highest BCUT2D eigenvalue weighted by Gasteiger charge is 2.69. The maximum Gasteiger partial charge on any atom is 0.481 e. The molecule has 1 unspecified atom stereocenters. The summed E-state index contributed by atoms with van der Waals surface area (Å²) in [6.45, 7) is 13.0. The number of benzene rings is 1. The molecule has 2 aliphatic heterocycles. The monoisotopic (exact) mass is 611 g/mol. The van der Waals surface area contributed by atoms with Gasteiger partial charge in [-0.3, -0.25) is 9.59 Å². The number of nitrogens with two attached hydrogens (primary N) is 1. The third-order valence-electron chi connectivity index (χ3n) is 10.5. The summed E-state index contributed by atoms with van der Waals surface area (Å²) in [6, 6.07) is 8.61. The molecular weight excluding hydrogens is 561 g/mol. The fourth-order valence-corrected chi connectivity index (χ4v) is 8.06. The summed E-state index contributed by atoms with van der Waals surface area (Å²) in [5, 5.41) is 2.85. The number of amides is 2. The molecule has 5 fully saturated rings. The Morgan fingerprint density at radius 1 is 1.16 bits per heavy atom. The van der Waals surface area contributed by atoms with Crippen molar-refractivity contribution in [2.75, 3.05) is 13.1 Å². The lowest BCUT2D eigenvalue weighted by Crippen LogP contribution is -2.65. The zero-order valence-electron chi connectivity index (χ0n) is 27.2. The van der Waals surface area contributed by atoms with Gasteiger partial charge in [0.1, 0.15) is 12.2 Å². The number of nitrogens with zero attached hydrogens (tertiary/aromatic N) is 1. The van der Waals surface area contributed by atoms with Crippen molar-refractivity contribution in [3.63, 3.8) is 0 Å². The molecule has 1 aromatic rings. The van der Waals surface area contributed by atoms with Gasteiger partial charge in [-0.1, -0.05) is 44.2 Å². The average Bonchev–Trinajstić information content (AvgIpc) is 3.58. The molecule has 0 aromatic heterocycles. The lowest BCUT2D eigenvalue weighted by atomic mass is 9.43. The van der Waals surface area contributed by atoms with Gasteiger partial charge >= 0.3 is 19.2 Å². The first-order valence-electron chi connectivity index (χ1n) is 16.3. The summed E-state index contributed by atoms with van der Waals surface area (Å²) in [4.78, 5) is 42.3. The maximum absolute atomic E-state index is 14.4. The zero-order chi connectivity index (χ0) is 31.9. The Hall–Kier alpha value is -2.63. The van der Waals surface area contributed by atoms with Crippen LogP contribution in [0.4, 0.5) is 4.79 Å². The van der Waals surface area contributed by atoms with Crippen LogP contribution in [0.5, 0.6) is 0 Å². The Bertz CT molecular complexity index is 1210. The van der Waals surface area contributed by atoms with E-state index in [-0.39, 0.29) is 55.0 Å². The van der Waals surface area contributed by atoms with Crippen molar-refractivity contribution < 1.29 is 33.2 Å². The number of carbonyl (C=O) groups excluding carboxylic acids is 3. The van der Waals surface area contributed by atoms with Gasteiger partial charge in [0, 0.05) is 12.6 Å². The van der Waals surface area contributed by atoms with Crippen molar-refractivity contribution in [1.29, 1.82) is 0 Å². The summed E-state index contributed by atoms with van der Waals surface area (Å²) >= 11 is 0. The Labute approximate surface area is 262 Å². The van der Waals surface area contributed by atoms with Crippen LogP contribution in [-0.4, -0.2) is 72.4 Å². The molecule has 2 saturated heterocycles. The number of nitrogens with one attached hydrogen (secondary N) is 1. The van der Waals surface area contributed by atoms with Crippen LogP contribution in [0.1, 0.15) is 85.6 Å². The van der Waals surface area contributed by atoms with E-state index in [1.54, 1.807) is 25.7 Å². The molecule has 3 aliphatic carbocycles. The first-order valence-corrected chi connectivity index (χ1v) is 16.3. The highest BCUT2D eigenvalue weighted by molar-refractivity contribution is 6.48. The molecule has 3 N–H and O–H groups in total. The molecule has 2 heterocycles. The standard InChI is InChI=1S/C33H50BN3O7/c1-31(2,3)42-28(38)19-23(24(14-15-35)36-30(40)41-20-21-11-8-7-9-12-21)29(39)37-16-10-13-27(37)34-43-26-18-22-17-25(32(22,4)5)33(26,6)44-34/h7-9,11-12,22-27H,10,13-20,35H2,1-6H3,(H,36,40)/t22?,23-,24-,25-,26-,27+,33+/m1/s1. The SMILES string of the molecule is CC(C)(C)OC(=O)C[C@@H](C(=O)N1CCC[C@H]1B1O[C@@H]2CC3C[C@H](C3(C)C)[C@]2(C)O1)[C@@H](CCN)NC(=O)OCc1ccccc1. The summed E-state index contributed by atoms with van der Waals surface area (Å²) in [7, 11) is -0.537. The van der Waals surface area contributed by atoms with E-state index in [4.69, 9.17) is 24.5 Å². The summed E-state index contributed by atoms with van der Waals surface area (Å²) in [5.41, 5.74) is 5.91. The number of hydrogen-bond acceptors (Lipinski definition) is 8. The third-order valence-corrected chi connectivity index (χ3v) is 10.5. The smallest absolute Gasteiger partial charge is 0.460 e. The van der Waals surface area contributed by atoms with E-state index >= 15 is 0 Å². The van der Waals surface area contributed by atoms with Crippen LogP contribution in [0.25, 0.3) is 0 Å². The fraction of sp³-hybridized carbons (Fsp3) is 0.727. The Kier molecular flexibility index (Phi) is 9.41. The Morgan fingerprint density at radius 2 is 1.89 bits per heavy atom. The zero-order valence-corrected chi connectivity index (χ0v) is 27.2. The minimum Gasteiger partial charge on any atom is -0.460 e. The van der Waals surface area contributed by atoms with Crippen LogP contribution in [0, 0.1) is 23.2 Å². The fourth-order valence-electron chi connectivity index (χ4n) is 8.06. The second-order valence-corrected chi connectivity index (χ2v) is 14.9. The van der Waals surface area contributed by atoms with Gasteiger partial charge in [0.05, 0.1) is 30.0 Å². The molecule has 11 heteroatoms. The molecule has 2 bridgehead atoms. The molecule has 44 heavy (non-hydrogen) atoms. The Morgan fingerprint density at radius 3 is 2.55 bits per heavy atom. The molecule has 2 amide bonds. The summed E-state index contributed by atoms with van der Waals surface area (Å²) in [5.74, 6) is -0.898. The Balaban J connectivity index is 1.33. The van der Waals surface area contributed by atoms with E-state index < -0.39 is 36.7 Å². The van der Waals surface area contributed by atoms with Gasteiger partial charge in [-0.15, -0.1) is 0 Å². The quantitative estimate of drug-likeness (QED) is 0.297. The molecule has 10 nitrogen and oxygen atoms in total. The number of carbonyl (C=O) groups is 3. The predicted octanol–water partition coefficient (Wildman–Crippen LogP) is 4.24. The maximum atomic E-state index is 14.4. The van der Waals surface area contributed by atoms with Crippen LogP contribution in [-0.2, 0) is 35.0 Å². The largest absolute Gasteiger partial charge is 0.481 e. The van der Waals surface area contributed by atoms with Gasteiger partial charge in [0.2, 0.25) is 5.91 Å². The van der Waals surface area contributed by atoms with E-state index in [2.05, 4.69) is 26.1 Å². The van der Waals surface area contributed by atoms with E-state index in [0.29, 0.717) is 18.4 Å². The van der Waals surface area contributed by atoms with Crippen LogP contribution in [0.2, 0.25) is 0 Å². The summed E-state index contributed by atoms with van der Waals surface area (Å²) in [6.07, 6.45) is 3.06. The van der Waals surface area contributed by atoms with Crippen LogP contribution in [0.15, 0.2) is 30.3 Å². The van der Waals surface area contributed by atoms with Gasteiger partial charge in [-0.05, 0) is 89.2 Å². The molecule has 6 rings (SSSR count). The number of alkyl carbamates (subject to hydrolysis) is 1. The number of esters is 1. The van der Waals surface area contributed by atoms with E-state index in [0.717, 1.165) is 31.2 Å². The van der Waals surface area contributed by atoms with Crippen molar-refractivity contribution in [1.82, 2.24) is 10.2 Å². The molecule has 1 aromatic carbocycles. The molecule has 242 valence electrons. The van der Waals surface area contributed by atoms with E-state index in [1.165, 1.54) is 0 Å². The second-order valence-electron chi connectivity index (χ2n) is 14.9. The minimum absolute atomic E-state index is 0.00503. The highest BCUT2D eigenvalue weighted by atomic mass is 16.7. The minimum atomic E-state index is -0.899. The number of likely N-dealkylation sites (tertiary alicyclic amines) is 1. The number of rotatable bonds is 10. The highest BCUT2D eigenvalue weighted by Crippen LogP contribution is 2.66. The molecular formula is C33H50BN3O7. The first kappa shape index (κ1) is 32.8. The van der Waals surface area contributed by atoms with Gasteiger partial charge in [0.15, 0.2) is 0 Å². The van der Waals surface area contributed by atoms with Crippen LogP contribution >= 0.6 is 0 Å². The number of ether oxygens (including phenoxy) is 2. The van der Waals surface area contributed by atoms with E-state index in [9.17, 15) is 14.4 Å². The summed E-state index contributed by atoms with van der Waals surface area (Å²) < 4.78 is 24.4. The normalized spacial score (nSPS) is 30.2. The van der Waals surface area contributed by atoms with Crippen molar-refractivity contribution >= 4 is 25.1 Å². The second kappa shape index (κ2) is 12.6. The molecule has 7 atom stereocenters. The van der Waals surface area contributed by atoms with Gasteiger partial charge < -0.3 is 34.7 Å². The molecule has 0 spiro atoms. The van der Waals surface area contributed by atoms with Gasteiger partial charge in [0.25, 0.3) is 0 Å². The van der Waals surface area contributed by atoms with E-state index in [1.807, 2.05) is 30.3 Å². The number of hydrogen-bond donors (Lipinski definition) is 2. The van der Waals surface area contributed by atoms with Crippen molar-refractivity contribution in [3.8, 4) is 0 Å². The lowest BCUT2D eigenvalue weighted by Gasteiger charge is -2.64.